The van der Waals surface area contributed by atoms with Gasteiger partial charge in [0.25, 0.3) is 0 Å². The smallest absolute Gasteiger partial charge is 0.0628 e. The van der Waals surface area contributed by atoms with Crippen LogP contribution in [0.15, 0.2) is 0 Å². The van der Waals surface area contributed by atoms with Crippen molar-refractivity contribution in [2.24, 2.45) is 0 Å². The highest BCUT2D eigenvalue weighted by Crippen LogP contribution is 2.14. The third-order valence-electron chi connectivity index (χ3n) is 3.36. The van der Waals surface area contributed by atoms with Gasteiger partial charge in [-0.25, -0.2) is 0 Å². The Balaban J connectivity index is 2.32. The van der Waals surface area contributed by atoms with E-state index in [-0.39, 0.29) is 0 Å². The van der Waals surface area contributed by atoms with Crippen molar-refractivity contribution in [2.75, 3.05) is 13.1 Å². The molecule has 0 atom stereocenters. The second kappa shape index (κ2) is 7.49. The lowest BCUT2D eigenvalue weighted by molar-refractivity contribution is 0.522. The van der Waals surface area contributed by atoms with Crippen LogP contribution in [0, 0.1) is 13.8 Å². The maximum absolute atomic E-state index is 4.62. The van der Waals surface area contributed by atoms with Crippen LogP contribution < -0.4 is 5.32 Å². The maximum Gasteiger partial charge on any atom is 0.0628 e. The van der Waals surface area contributed by atoms with Crippen molar-refractivity contribution in [1.29, 1.82) is 0 Å². The van der Waals surface area contributed by atoms with Crippen molar-refractivity contribution in [1.82, 2.24) is 15.1 Å². The number of aryl methyl sites for hydroxylation is 2. The number of hydrogen-bond acceptors (Lipinski definition) is 2. The first kappa shape index (κ1) is 14.2. The average Bonchev–Trinajstić information content (AvgIpc) is 2.58. The minimum absolute atomic E-state index is 1.07. The van der Waals surface area contributed by atoms with E-state index in [1.165, 1.54) is 36.2 Å². The van der Waals surface area contributed by atoms with Gasteiger partial charge in [0.15, 0.2) is 0 Å². The number of hydrogen-bond donors (Lipinski definition) is 1. The van der Waals surface area contributed by atoms with Gasteiger partial charge in [0.05, 0.1) is 5.69 Å². The van der Waals surface area contributed by atoms with E-state index in [9.17, 15) is 0 Å². The molecule has 0 aliphatic rings. The van der Waals surface area contributed by atoms with Gasteiger partial charge in [-0.05, 0) is 51.8 Å². The molecule has 0 saturated carbocycles. The molecule has 1 rings (SSSR count). The number of nitrogens with zero attached hydrogens (tertiary/aromatic N) is 2. The van der Waals surface area contributed by atoms with E-state index in [1.54, 1.807) is 0 Å². The second-order valence-electron chi connectivity index (χ2n) is 4.64. The Morgan fingerprint density at radius 2 is 1.88 bits per heavy atom. The van der Waals surface area contributed by atoms with Gasteiger partial charge in [-0.2, -0.15) is 5.10 Å². The Labute approximate surface area is 106 Å². The van der Waals surface area contributed by atoms with Crippen LogP contribution in [-0.2, 0) is 13.0 Å². The standard InChI is InChI=1S/C14H27N3/c1-5-14-12(3)16-17(13(14)4)11-9-7-8-10-15-6-2/h15H,5-11H2,1-4H3. The molecular weight excluding hydrogens is 210 g/mol. The SMILES string of the molecule is CCNCCCCCn1nc(C)c(CC)c1C. The van der Waals surface area contributed by atoms with Gasteiger partial charge in [0.2, 0.25) is 0 Å². The number of aromatic nitrogens is 2. The fourth-order valence-corrected chi connectivity index (χ4v) is 2.33. The van der Waals surface area contributed by atoms with Crippen LogP contribution in [0.4, 0.5) is 0 Å². The van der Waals surface area contributed by atoms with Crippen molar-refractivity contribution < 1.29 is 0 Å². The predicted molar refractivity (Wildman–Crippen MR) is 73.5 cm³/mol. The Hall–Kier alpha value is -0.830. The van der Waals surface area contributed by atoms with Gasteiger partial charge in [0.1, 0.15) is 0 Å². The molecule has 1 aromatic heterocycles. The number of rotatable bonds is 8. The van der Waals surface area contributed by atoms with E-state index >= 15 is 0 Å². The topological polar surface area (TPSA) is 29.9 Å². The van der Waals surface area contributed by atoms with E-state index in [4.69, 9.17) is 0 Å². The lowest BCUT2D eigenvalue weighted by Crippen LogP contribution is -2.14. The summed E-state index contributed by atoms with van der Waals surface area (Å²) in [5.41, 5.74) is 3.99. The van der Waals surface area contributed by atoms with Crippen LogP contribution in [0.5, 0.6) is 0 Å². The number of unbranched alkanes of at least 4 members (excludes halogenated alkanes) is 2. The van der Waals surface area contributed by atoms with Gasteiger partial charge >= 0.3 is 0 Å². The minimum atomic E-state index is 1.07. The first-order valence-electron chi connectivity index (χ1n) is 6.94. The van der Waals surface area contributed by atoms with E-state index in [0.29, 0.717) is 0 Å². The summed E-state index contributed by atoms with van der Waals surface area (Å²) in [6, 6.07) is 0. The molecule has 1 heterocycles. The summed E-state index contributed by atoms with van der Waals surface area (Å²) in [4.78, 5) is 0. The third-order valence-corrected chi connectivity index (χ3v) is 3.36. The summed E-state index contributed by atoms with van der Waals surface area (Å²) >= 11 is 0. The molecule has 0 aliphatic heterocycles. The van der Waals surface area contributed by atoms with E-state index < -0.39 is 0 Å². The summed E-state index contributed by atoms with van der Waals surface area (Å²) < 4.78 is 2.18. The van der Waals surface area contributed by atoms with Crippen molar-refractivity contribution in [3.05, 3.63) is 17.0 Å². The minimum Gasteiger partial charge on any atom is -0.317 e. The molecule has 1 aromatic rings. The zero-order chi connectivity index (χ0) is 12.7. The quantitative estimate of drug-likeness (QED) is 0.705. The van der Waals surface area contributed by atoms with Gasteiger partial charge in [-0.15, -0.1) is 0 Å². The first-order chi connectivity index (χ1) is 8.20. The van der Waals surface area contributed by atoms with Crippen LogP contribution in [0.1, 0.15) is 50.1 Å². The molecular formula is C14H27N3. The van der Waals surface area contributed by atoms with Crippen LogP contribution in [0.25, 0.3) is 0 Å². The zero-order valence-electron chi connectivity index (χ0n) is 11.8. The fourth-order valence-electron chi connectivity index (χ4n) is 2.33. The first-order valence-corrected chi connectivity index (χ1v) is 6.94. The van der Waals surface area contributed by atoms with Crippen molar-refractivity contribution >= 4 is 0 Å². The van der Waals surface area contributed by atoms with Crippen LogP contribution in [0.2, 0.25) is 0 Å². The summed E-state index contributed by atoms with van der Waals surface area (Å²) in [5, 5.41) is 7.97. The van der Waals surface area contributed by atoms with Gasteiger partial charge in [0, 0.05) is 12.2 Å². The fraction of sp³-hybridized carbons (Fsp3) is 0.786. The summed E-state index contributed by atoms with van der Waals surface area (Å²) in [7, 11) is 0. The maximum atomic E-state index is 4.62. The Morgan fingerprint density at radius 1 is 1.12 bits per heavy atom. The van der Waals surface area contributed by atoms with Gasteiger partial charge in [-0.1, -0.05) is 20.3 Å². The Kier molecular flexibility index (Phi) is 6.27. The lowest BCUT2D eigenvalue weighted by Gasteiger charge is -2.05. The molecule has 17 heavy (non-hydrogen) atoms. The predicted octanol–water partition coefficient (Wildman–Crippen LogP) is 2.84. The lowest BCUT2D eigenvalue weighted by atomic mass is 10.1. The zero-order valence-corrected chi connectivity index (χ0v) is 11.8. The Bertz CT molecular complexity index is 328. The van der Waals surface area contributed by atoms with E-state index in [0.717, 1.165) is 26.1 Å². The third kappa shape index (κ3) is 4.15. The highest BCUT2D eigenvalue weighted by atomic mass is 15.3. The van der Waals surface area contributed by atoms with Crippen molar-refractivity contribution in [2.45, 2.75) is 59.9 Å². The van der Waals surface area contributed by atoms with E-state index in [2.05, 4.69) is 42.8 Å². The largest absolute Gasteiger partial charge is 0.317 e. The highest BCUT2D eigenvalue weighted by molar-refractivity contribution is 5.24. The molecule has 0 aliphatic carbocycles. The van der Waals surface area contributed by atoms with Gasteiger partial charge in [-0.3, -0.25) is 4.68 Å². The molecule has 0 radical (unpaired) electrons. The van der Waals surface area contributed by atoms with E-state index in [1.807, 2.05) is 0 Å². The monoisotopic (exact) mass is 237 g/mol. The molecule has 0 aromatic carbocycles. The van der Waals surface area contributed by atoms with Crippen molar-refractivity contribution in [3.8, 4) is 0 Å². The molecule has 3 nitrogen and oxygen atoms in total. The summed E-state index contributed by atoms with van der Waals surface area (Å²) in [5.74, 6) is 0. The molecule has 0 spiro atoms. The van der Waals surface area contributed by atoms with Crippen LogP contribution >= 0.6 is 0 Å². The highest BCUT2D eigenvalue weighted by Gasteiger charge is 2.08. The molecule has 0 saturated heterocycles. The molecule has 98 valence electrons. The molecule has 0 bridgehead atoms. The Morgan fingerprint density at radius 3 is 2.47 bits per heavy atom. The van der Waals surface area contributed by atoms with Crippen molar-refractivity contribution in [3.63, 3.8) is 0 Å². The van der Waals surface area contributed by atoms with Crippen LogP contribution in [-0.4, -0.2) is 22.9 Å². The normalized spacial score (nSPS) is 11.1. The molecule has 1 N–H and O–H groups in total. The molecule has 0 fully saturated rings. The molecule has 0 amide bonds. The summed E-state index contributed by atoms with van der Waals surface area (Å²) in [6.07, 6.45) is 4.88. The average molecular weight is 237 g/mol. The second-order valence-corrected chi connectivity index (χ2v) is 4.64. The number of nitrogens with one attached hydrogen (secondary N) is 1. The van der Waals surface area contributed by atoms with Gasteiger partial charge < -0.3 is 5.32 Å². The molecule has 0 unspecified atom stereocenters. The molecule has 3 heteroatoms. The van der Waals surface area contributed by atoms with Crippen LogP contribution in [0.3, 0.4) is 0 Å². The summed E-state index contributed by atoms with van der Waals surface area (Å²) in [6.45, 7) is 12.0.